The number of hydrogen-bond acceptors (Lipinski definition) is 4. The van der Waals surface area contributed by atoms with Crippen molar-refractivity contribution in [3.63, 3.8) is 0 Å². The summed E-state index contributed by atoms with van der Waals surface area (Å²) in [5, 5.41) is 18.7. The molecule has 0 aromatic heterocycles. The fourth-order valence-electron chi connectivity index (χ4n) is 1.93. The number of carbonyl (C=O) groups is 2. The Labute approximate surface area is 146 Å². The number of rotatable bonds is 2. The summed E-state index contributed by atoms with van der Waals surface area (Å²) in [5.41, 5.74) is 3.87. The van der Waals surface area contributed by atoms with Crippen LogP contribution >= 0.6 is 0 Å². The van der Waals surface area contributed by atoms with Gasteiger partial charge in [0.25, 0.3) is 0 Å². The van der Waals surface area contributed by atoms with E-state index in [0.717, 1.165) is 22.3 Å². The van der Waals surface area contributed by atoms with Crippen molar-refractivity contribution in [1.82, 2.24) is 0 Å². The number of benzene rings is 2. The van der Waals surface area contributed by atoms with Crippen LogP contribution in [0.25, 0.3) is 0 Å². The number of hydrogen-bond donors (Lipinski definition) is 2. The van der Waals surface area contributed by atoms with Gasteiger partial charge in [-0.2, -0.15) is 0 Å². The molecular weight excluding hydrogens is 339 g/mol. The van der Waals surface area contributed by atoms with Crippen molar-refractivity contribution in [1.29, 1.82) is 0 Å². The molecule has 5 heteroatoms. The van der Waals surface area contributed by atoms with Crippen molar-refractivity contribution in [3.05, 3.63) is 57.6 Å². The van der Waals surface area contributed by atoms with Crippen LogP contribution in [0.1, 0.15) is 43.0 Å². The van der Waals surface area contributed by atoms with Crippen LogP contribution in [0.5, 0.6) is 11.5 Å². The van der Waals surface area contributed by atoms with Crippen molar-refractivity contribution < 1.29 is 36.3 Å². The summed E-state index contributed by atoms with van der Waals surface area (Å²) >= 11 is 0. The van der Waals surface area contributed by atoms with E-state index in [1.807, 2.05) is 12.1 Å². The second-order valence-electron chi connectivity index (χ2n) is 5.16. The normalized spacial score (nSPS) is 9.22. The maximum Gasteiger partial charge on any atom is 0.154 e. The van der Waals surface area contributed by atoms with Crippen molar-refractivity contribution >= 4 is 12.6 Å². The van der Waals surface area contributed by atoms with Gasteiger partial charge in [-0.15, -0.1) is 0 Å². The average molecular weight is 359 g/mol. The number of phenols is 2. The number of aryl methyl sites for hydroxylation is 4. The number of aromatic hydroxyl groups is 2. The zero-order chi connectivity index (χ0) is 16.9. The summed E-state index contributed by atoms with van der Waals surface area (Å²) < 4.78 is 0. The zero-order valence-corrected chi connectivity index (χ0v) is 14.5. The molecule has 0 unspecified atom stereocenters. The molecule has 0 radical (unpaired) electrons. The van der Waals surface area contributed by atoms with E-state index >= 15 is 0 Å². The van der Waals surface area contributed by atoms with E-state index in [4.69, 9.17) is 0 Å². The number of carbonyl (C=O) groups excluding carboxylic acids is 2. The molecule has 2 aromatic carbocycles. The predicted molar refractivity (Wildman–Crippen MR) is 85.9 cm³/mol. The van der Waals surface area contributed by atoms with Crippen LogP contribution in [-0.2, 0) is 16.5 Å². The van der Waals surface area contributed by atoms with Gasteiger partial charge < -0.3 is 10.2 Å². The molecule has 0 atom stereocenters. The Morgan fingerprint density at radius 2 is 0.913 bits per heavy atom. The van der Waals surface area contributed by atoms with Crippen molar-refractivity contribution in [2.75, 3.05) is 0 Å². The minimum atomic E-state index is 0. The van der Waals surface area contributed by atoms with Gasteiger partial charge in [0.2, 0.25) is 0 Å². The monoisotopic (exact) mass is 358 g/mol. The summed E-state index contributed by atoms with van der Waals surface area (Å²) in [6.45, 7) is 7.12. The van der Waals surface area contributed by atoms with Crippen LogP contribution in [0.2, 0.25) is 0 Å². The summed E-state index contributed by atoms with van der Waals surface area (Å²) in [4.78, 5) is 20.9. The second-order valence-corrected chi connectivity index (χ2v) is 5.16. The standard InChI is InChI=1S/2C9H10O2.Ni/c2*1-6-3-4-7(2)9(11)8(6)5-10;/h2*3-5,11H,1-2H3;. The van der Waals surface area contributed by atoms with Gasteiger partial charge in [0.05, 0.1) is 11.1 Å². The van der Waals surface area contributed by atoms with Gasteiger partial charge in [-0.05, 0) is 49.9 Å². The third-order valence-electron chi connectivity index (χ3n) is 3.51. The van der Waals surface area contributed by atoms with Crippen LogP contribution in [0.4, 0.5) is 0 Å². The van der Waals surface area contributed by atoms with E-state index in [0.29, 0.717) is 23.7 Å². The Balaban J connectivity index is 0.000000403. The Hall–Kier alpha value is -2.13. The molecule has 0 aliphatic rings. The molecule has 4 nitrogen and oxygen atoms in total. The van der Waals surface area contributed by atoms with E-state index in [2.05, 4.69) is 0 Å². The summed E-state index contributed by atoms with van der Waals surface area (Å²) in [7, 11) is 0. The molecule has 2 aromatic rings. The molecule has 0 bridgehead atoms. The number of phenolic OH excluding ortho intramolecular Hbond substituents is 2. The molecule has 0 aliphatic heterocycles. The van der Waals surface area contributed by atoms with Crippen molar-refractivity contribution in [2.24, 2.45) is 0 Å². The van der Waals surface area contributed by atoms with Gasteiger partial charge in [-0.25, -0.2) is 0 Å². The van der Waals surface area contributed by atoms with Crippen LogP contribution in [0.3, 0.4) is 0 Å². The first-order valence-electron chi connectivity index (χ1n) is 6.82. The smallest absolute Gasteiger partial charge is 0.154 e. The zero-order valence-electron chi connectivity index (χ0n) is 13.5. The summed E-state index contributed by atoms with van der Waals surface area (Å²) in [6.07, 6.45) is 1.36. The minimum Gasteiger partial charge on any atom is -0.507 e. The largest absolute Gasteiger partial charge is 0.507 e. The summed E-state index contributed by atoms with van der Waals surface area (Å²) in [5.74, 6) is 0.194. The molecule has 0 saturated heterocycles. The third-order valence-corrected chi connectivity index (χ3v) is 3.51. The SMILES string of the molecule is Cc1ccc(C)c(C=O)c1O.Cc1ccc(C)c(C=O)c1O.[Ni]. The quantitative estimate of drug-likeness (QED) is 0.634. The van der Waals surface area contributed by atoms with Crippen molar-refractivity contribution in [3.8, 4) is 11.5 Å². The molecule has 23 heavy (non-hydrogen) atoms. The van der Waals surface area contributed by atoms with Crippen LogP contribution in [0.15, 0.2) is 24.3 Å². The molecule has 0 fully saturated rings. The maximum atomic E-state index is 10.4. The van der Waals surface area contributed by atoms with Gasteiger partial charge in [0.15, 0.2) is 12.6 Å². The van der Waals surface area contributed by atoms with Gasteiger partial charge in [0.1, 0.15) is 11.5 Å². The molecular formula is C18H20NiO4. The first-order valence-corrected chi connectivity index (χ1v) is 6.82. The fourth-order valence-corrected chi connectivity index (χ4v) is 1.93. The van der Waals surface area contributed by atoms with E-state index in [1.165, 1.54) is 0 Å². The first-order chi connectivity index (χ1) is 10.3. The molecule has 0 saturated carbocycles. The fraction of sp³-hybridized carbons (Fsp3) is 0.222. The maximum absolute atomic E-state index is 10.4. The average Bonchev–Trinajstić information content (AvgIpc) is 2.49. The minimum absolute atomic E-state index is 0. The predicted octanol–water partition coefficient (Wildman–Crippen LogP) is 3.64. The Kier molecular flexibility index (Phi) is 8.27. The van der Waals surface area contributed by atoms with Crippen LogP contribution in [-0.4, -0.2) is 22.8 Å². The van der Waals surface area contributed by atoms with E-state index < -0.39 is 0 Å². The van der Waals surface area contributed by atoms with Gasteiger partial charge in [0, 0.05) is 16.5 Å². The molecule has 126 valence electrons. The summed E-state index contributed by atoms with van der Waals surface area (Å²) in [6, 6.07) is 7.22. The molecule has 2 rings (SSSR count). The second kappa shape index (κ2) is 9.11. The van der Waals surface area contributed by atoms with E-state index in [1.54, 1.807) is 39.8 Å². The Morgan fingerprint density at radius 3 is 1.13 bits per heavy atom. The van der Waals surface area contributed by atoms with Crippen LogP contribution < -0.4 is 0 Å². The van der Waals surface area contributed by atoms with Gasteiger partial charge in [-0.1, -0.05) is 24.3 Å². The molecule has 0 aliphatic carbocycles. The van der Waals surface area contributed by atoms with E-state index in [-0.39, 0.29) is 28.0 Å². The van der Waals surface area contributed by atoms with Crippen molar-refractivity contribution in [2.45, 2.75) is 27.7 Å². The Morgan fingerprint density at radius 1 is 0.652 bits per heavy atom. The van der Waals surface area contributed by atoms with E-state index in [9.17, 15) is 19.8 Å². The van der Waals surface area contributed by atoms with Crippen LogP contribution in [0, 0.1) is 27.7 Å². The molecule has 0 heterocycles. The third kappa shape index (κ3) is 4.93. The molecule has 2 N–H and O–H groups in total. The Bertz CT molecular complexity index is 647. The molecule has 0 amide bonds. The van der Waals surface area contributed by atoms with Gasteiger partial charge >= 0.3 is 0 Å². The van der Waals surface area contributed by atoms with Gasteiger partial charge in [-0.3, -0.25) is 9.59 Å². The first kappa shape index (κ1) is 20.9. The topological polar surface area (TPSA) is 74.6 Å². The molecule has 0 spiro atoms. The number of aldehydes is 2.